The minimum absolute atomic E-state index is 0.00558. The molecule has 3 aromatic rings. The molecule has 2 amide bonds. The number of carbonyl (C=O) groups is 2. The van der Waals surface area contributed by atoms with E-state index in [-0.39, 0.29) is 48.7 Å². The van der Waals surface area contributed by atoms with E-state index in [0.717, 1.165) is 11.6 Å². The topological polar surface area (TPSA) is 149 Å². The Balaban J connectivity index is 1.47. The van der Waals surface area contributed by atoms with Crippen LogP contribution < -0.4 is 10.1 Å². The second-order valence-corrected chi connectivity index (χ2v) is 10.7. The fourth-order valence-corrected chi connectivity index (χ4v) is 4.41. The summed E-state index contributed by atoms with van der Waals surface area (Å²) in [4.78, 5) is 33.0. The van der Waals surface area contributed by atoms with Crippen molar-refractivity contribution in [2.45, 2.75) is 58.0 Å². The van der Waals surface area contributed by atoms with Crippen LogP contribution in [-0.2, 0) is 22.3 Å². The molecule has 12 nitrogen and oxygen atoms in total. The number of guanidine groups is 1. The van der Waals surface area contributed by atoms with Gasteiger partial charge >= 0.3 is 18.4 Å². The third-order valence-electron chi connectivity index (χ3n) is 6.21. The zero-order chi connectivity index (χ0) is 31.9. The molecule has 1 aliphatic heterocycles. The Hall–Kier alpha value is -4.66. The van der Waals surface area contributed by atoms with Crippen molar-refractivity contribution in [2.75, 3.05) is 19.8 Å². The molecule has 0 aliphatic carbocycles. The highest BCUT2D eigenvalue weighted by Crippen LogP contribution is 2.39. The van der Waals surface area contributed by atoms with E-state index >= 15 is 0 Å². The number of benzene rings is 2. The van der Waals surface area contributed by atoms with Crippen LogP contribution in [0.3, 0.4) is 0 Å². The number of alkyl halides is 3. The number of amides is 2. The lowest BCUT2D eigenvalue weighted by Gasteiger charge is -2.26. The van der Waals surface area contributed by atoms with Crippen molar-refractivity contribution in [3.8, 4) is 17.1 Å². The van der Waals surface area contributed by atoms with Gasteiger partial charge in [-0.25, -0.2) is 9.59 Å². The first-order chi connectivity index (χ1) is 20.8. The molecule has 1 saturated heterocycles. The van der Waals surface area contributed by atoms with E-state index in [1.807, 2.05) is 30.3 Å². The van der Waals surface area contributed by atoms with Crippen molar-refractivity contribution in [3.05, 3.63) is 65.5 Å². The summed E-state index contributed by atoms with van der Waals surface area (Å²) in [6, 6.07) is 12.0. The van der Waals surface area contributed by atoms with Gasteiger partial charge in [0.15, 0.2) is 0 Å². The predicted octanol–water partition coefficient (Wildman–Crippen LogP) is 6.05. The number of ether oxygens (including phenoxy) is 3. The fraction of sp³-hybridized carbons (Fsp3) is 0.414. The normalized spacial score (nSPS) is 15.7. The molecule has 2 aromatic carbocycles. The van der Waals surface area contributed by atoms with Gasteiger partial charge in [-0.15, -0.1) is 4.99 Å². The molecule has 44 heavy (non-hydrogen) atoms. The number of carbonyl (C=O) groups excluding carboxylic acids is 1. The first-order valence-electron chi connectivity index (χ1n) is 13.7. The predicted molar refractivity (Wildman–Crippen MR) is 150 cm³/mol. The average Bonchev–Trinajstić information content (AvgIpc) is 3.61. The summed E-state index contributed by atoms with van der Waals surface area (Å²) in [6.07, 6.45) is -6.24. The lowest BCUT2D eigenvalue weighted by atomic mass is 10.1. The summed E-state index contributed by atoms with van der Waals surface area (Å²) in [7, 11) is 0. The van der Waals surface area contributed by atoms with Gasteiger partial charge < -0.3 is 28.7 Å². The van der Waals surface area contributed by atoms with Gasteiger partial charge in [-0.1, -0.05) is 35.5 Å². The molecule has 0 bridgehead atoms. The van der Waals surface area contributed by atoms with Crippen LogP contribution in [-0.4, -0.2) is 63.7 Å². The second kappa shape index (κ2) is 13.8. The number of hydrogen-bond acceptors (Lipinski definition) is 8. The van der Waals surface area contributed by atoms with Gasteiger partial charge in [0, 0.05) is 12.1 Å². The number of alkyl carbamates (subject to hydrolysis) is 1. The Kier molecular flexibility index (Phi) is 10.1. The highest BCUT2D eigenvalue weighted by atomic mass is 19.4. The minimum Gasteiger partial charge on any atom is -0.491 e. The lowest BCUT2D eigenvalue weighted by molar-refractivity contribution is -0.139. The van der Waals surface area contributed by atoms with Crippen LogP contribution in [0.2, 0.25) is 0 Å². The van der Waals surface area contributed by atoms with Crippen LogP contribution in [0.15, 0.2) is 58.0 Å². The largest absolute Gasteiger partial charge is 0.491 e. The van der Waals surface area contributed by atoms with Gasteiger partial charge in [0.2, 0.25) is 17.7 Å². The molecule has 0 spiro atoms. The Labute approximate surface area is 250 Å². The third kappa shape index (κ3) is 8.92. The number of nitrogens with zero attached hydrogens (tertiary/aromatic N) is 4. The molecule has 15 heteroatoms. The number of nitrogens with one attached hydrogen (secondary N) is 1. The first-order valence-corrected chi connectivity index (χ1v) is 13.7. The van der Waals surface area contributed by atoms with Crippen molar-refractivity contribution >= 4 is 18.1 Å². The monoisotopic (exact) mass is 619 g/mol. The SMILES string of the molecule is CC(C)(C)OC(=O)NC(=NC(=O)O)N1CCCC1c1nc(-c2ccc(OCCOCc3ccccc3)c(C(F)(F)F)c2)no1. The summed E-state index contributed by atoms with van der Waals surface area (Å²) in [6.45, 7) is 5.49. The molecule has 1 aliphatic rings. The molecule has 2 heterocycles. The molecular formula is C29H32F3N5O7. The average molecular weight is 620 g/mol. The Morgan fingerprint density at radius 1 is 1.14 bits per heavy atom. The number of halogens is 3. The van der Waals surface area contributed by atoms with Gasteiger partial charge in [0.05, 0.1) is 18.8 Å². The van der Waals surface area contributed by atoms with Crippen molar-refractivity contribution in [2.24, 2.45) is 4.99 Å². The van der Waals surface area contributed by atoms with E-state index in [1.54, 1.807) is 20.8 Å². The Bertz CT molecular complexity index is 1470. The molecule has 2 N–H and O–H groups in total. The van der Waals surface area contributed by atoms with Crippen molar-refractivity contribution in [1.29, 1.82) is 0 Å². The maximum atomic E-state index is 14.0. The van der Waals surface area contributed by atoms with Gasteiger partial charge in [0.1, 0.15) is 24.0 Å². The second-order valence-electron chi connectivity index (χ2n) is 10.7. The summed E-state index contributed by atoms with van der Waals surface area (Å²) < 4.78 is 63.3. The molecule has 236 valence electrons. The summed E-state index contributed by atoms with van der Waals surface area (Å²) in [5.74, 6) is -0.793. The number of likely N-dealkylation sites (tertiary alicyclic amines) is 1. The van der Waals surface area contributed by atoms with E-state index in [9.17, 15) is 27.9 Å². The summed E-state index contributed by atoms with van der Waals surface area (Å²) in [5.41, 5.74) is -0.922. The van der Waals surface area contributed by atoms with Crippen LogP contribution in [0.5, 0.6) is 5.75 Å². The maximum Gasteiger partial charge on any atom is 0.434 e. The van der Waals surface area contributed by atoms with Gasteiger partial charge in [-0.05, 0) is 57.4 Å². The number of carboxylic acid groups (broad SMARTS) is 1. The number of aromatic nitrogens is 2. The molecule has 4 rings (SSSR count). The standard InChI is InChI=1S/C29H32F3N5O7/c1-28(2,3)43-27(40)35-25(34-26(38)39)37-13-7-10-21(37)24-33-23(36-44-24)19-11-12-22(20(16-19)29(30,31)32)42-15-14-41-17-18-8-5-4-6-9-18/h4-6,8-9,11-12,16,21H,7,10,13-15,17H2,1-3H3,(H,38,39)(H,34,35,40). The highest BCUT2D eigenvalue weighted by molar-refractivity contribution is 5.98. The molecule has 1 unspecified atom stereocenters. The maximum absolute atomic E-state index is 14.0. The smallest absolute Gasteiger partial charge is 0.434 e. The molecular weight excluding hydrogens is 587 g/mol. The van der Waals surface area contributed by atoms with Crippen LogP contribution in [0.25, 0.3) is 11.4 Å². The molecule has 0 radical (unpaired) electrons. The zero-order valence-electron chi connectivity index (χ0n) is 24.3. The van der Waals surface area contributed by atoms with E-state index in [0.29, 0.717) is 19.4 Å². The van der Waals surface area contributed by atoms with Crippen LogP contribution in [0, 0.1) is 0 Å². The lowest BCUT2D eigenvalue weighted by Crippen LogP contribution is -2.46. The minimum atomic E-state index is -4.74. The fourth-order valence-electron chi connectivity index (χ4n) is 4.41. The molecule has 1 fully saturated rings. The highest BCUT2D eigenvalue weighted by Gasteiger charge is 2.37. The number of aliphatic imine (C=N–C) groups is 1. The Morgan fingerprint density at radius 3 is 2.57 bits per heavy atom. The van der Waals surface area contributed by atoms with Crippen molar-refractivity contribution in [1.82, 2.24) is 20.4 Å². The van der Waals surface area contributed by atoms with Gasteiger partial charge in [-0.3, -0.25) is 5.32 Å². The molecule has 1 aromatic heterocycles. The first kappa shape index (κ1) is 32.3. The quantitative estimate of drug-likeness (QED) is 0.173. The van der Waals surface area contributed by atoms with Gasteiger partial charge in [-0.2, -0.15) is 18.2 Å². The van der Waals surface area contributed by atoms with Crippen LogP contribution in [0.4, 0.5) is 22.8 Å². The van der Waals surface area contributed by atoms with E-state index in [4.69, 9.17) is 18.7 Å². The van der Waals surface area contributed by atoms with Crippen molar-refractivity contribution in [3.63, 3.8) is 0 Å². The van der Waals surface area contributed by atoms with E-state index in [2.05, 4.69) is 20.4 Å². The summed E-state index contributed by atoms with van der Waals surface area (Å²) in [5, 5.41) is 15.5. The van der Waals surface area contributed by atoms with E-state index < -0.39 is 35.6 Å². The van der Waals surface area contributed by atoms with E-state index in [1.165, 1.54) is 17.0 Å². The van der Waals surface area contributed by atoms with Crippen LogP contribution in [0.1, 0.15) is 56.7 Å². The summed E-state index contributed by atoms with van der Waals surface area (Å²) >= 11 is 0. The Morgan fingerprint density at radius 2 is 1.89 bits per heavy atom. The number of hydrogen-bond donors (Lipinski definition) is 2. The number of rotatable bonds is 8. The van der Waals surface area contributed by atoms with Crippen molar-refractivity contribution < 1.29 is 46.6 Å². The molecule has 0 saturated carbocycles. The third-order valence-corrected chi connectivity index (χ3v) is 6.21. The van der Waals surface area contributed by atoms with Crippen LogP contribution >= 0.6 is 0 Å². The zero-order valence-corrected chi connectivity index (χ0v) is 24.3. The molecule has 1 atom stereocenters. The van der Waals surface area contributed by atoms with Gasteiger partial charge in [0.25, 0.3) is 0 Å².